The standard InChI is InChI=1S/C14H18N6O2/c1-9-17-12(19-18-9)10-4-3-5-20(8-10)13(21)11-6-15-14(22-2)16-7-11/h6-7,10H,3-5,8H2,1-2H3,(H,17,18,19)/t10-/m1/s1. The molecule has 1 aliphatic heterocycles. The van der Waals surface area contributed by atoms with E-state index >= 15 is 0 Å². The van der Waals surface area contributed by atoms with Crippen LogP contribution in [0.4, 0.5) is 0 Å². The third-order valence-corrected chi connectivity index (χ3v) is 3.75. The molecule has 0 bridgehead atoms. The van der Waals surface area contributed by atoms with E-state index in [4.69, 9.17) is 4.74 Å². The number of hydrogen-bond acceptors (Lipinski definition) is 6. The molecule has 1 fully saturated rings. The molecule has 1 saturated heterocycles. The third-order valence-electron chi connectivity index (χ3n) is 3.75. The number of hydrogen-bond donors (Lipinski definition) is 1. The molecule has 3 rings (SSSR count). The molecular formula is C14H18N6O2. The number of ether oxygens (including phenoxy) is 1. The minimum Gasteiger partial charge on any atom is -0.467 e. The molecule has 8 nitrogen and oxygen atoms in total. The van der Waals surface area contributed by atoms with Crippen LogP contribution >= 0.6 is 0 Å². The maximum atomic E-state index is 12.5. The second-order valence-electron chi connectivity index (χ2n) is 5.33. The third kappa shape index (κ3) is 2.90. The summed E-state index contributed by atoms with van der Waals surface area (Å²) in [7, 11) is 1.49. The Balaban J connectivity index is 1.71. The van der Waals surface area contributed by atoms with Crippen molar-refractivity contribution in [3.8, 4) is 6.01 Å². The number of H-pyrrole nitrogens is 1. The van der Waals surface area contributed by atoms with Gasteiger partial charge in [0.1, 0.15) is 5.82 Å². The van der Waals surface area contributed by atoms with E-state index in [0.29, 0.717) is 12.1 Å². The zero-order chi connectivity index (χ0) is 15.5. The van der Waals surface area contributed by atoms with Crippen LogP contribution in [0.25, 0.3) is 0 Å². The van der Waals surface area contributed by atoms with Crippen LogP contribution in [0, 0.1) is 6.92 Å². The van der Waals surface area contributed by atoms with Crippen LogP contribution in [0.5, 0.6) is 6.01 Å². The Morgan fingerprint density at radius 1 is 1.41 bits per heavy atom. The van der Waals surface area contributed by atoms with Crippen molar-refractivity contribution in [1.82, 2.24) is 30.0 Å². The highest BCUT2D eigenvalue weighted by molar-refractivity contribution is 5.93. The summed E-state index contributed by atoms with van der Waals surface area (Å²) in [5.74, 6) is 1.67. The molecule has 0 radical (unpaired) electrons. The Kier molecular flexibility index (Phi) is 3.99. The Labute approximate surface area is 127 Å². The molecule has 1 aliphatic rings. The first-order chi connectivity index (χ1) is 10.7. The van der Waals surface area contributed by atoms with E-state index in [1.54, 1.807) is 0 Å². The highest BCUT2D eigenvalue weighted by Crippen LogP contribution is 2.25. The first-order valence-electron chi connectivity index (χ1n) is 7.21. The molecule has 116 valence electrons. The van der Waals surface area contributed by atoms with Crippen LogP contribution in [0.3, 0.4) is 0 Å². The summed E-state index contributed by atoms with van der Waals surface area (Å²) in [4.78, 5) is 26.7. The van der Waals surface area contributed by atoms with E-state index in [9.17, 15) is 4.79 Å². The summed E-state index contributed by atoms with van der Waals surface area (Å²) in [5, 5.41) is 7.07. The van der Waals surface area contributed by atoms with Gasteiger partial charge in [-0.25, -0.2) is 15.0 Å². The Morgan fingerprint density at radius 2 is 2.18 bits per heavy atom. The fourth-order valence-corrected chi connectivity index (χ4v) is 2.63. The SMILES string of the molecule is COc1ncc(C(=O)N2CCC[C@@H](c3n[nH]c(C)n3)C2)cn1. The lowest BCUT2D eigenvalue weighted by Crippen LogP contribution is -2.39. The number of amides is 1. The summed E-state index contributed by atoms with van der Waals surface area (Å²) in [6.45, 7) is 3.21. The monoisotopic (exact) mass is 302 g/mol. The number of carbonyl (C=O) groups is 1. The minimum absolute atomic E-state index is 0.0698. The number of nitrogens with one attached hydrogen (secondary N) is 1. The molecule has 1 amide bonds. The van der Waals surface area contributed by atoms with Crippen molar-refractivity contribution < 1.29 is 9.53 Å². The van der Waals surface area contributed by atoms with Crippen molar-refractivity contribution in [3.05, 3.63) is 29.6 Å². The van der Waals surface area contributed by atoms with Crippen molar-refractivity contribution in [2.24, 2.45) is 0 Å². The highest BCUT2D eigenvalue weighted by atomic mass is 16.5. The summed E-state index contributed by atoms with van der Waals surface area (Å²) >= 11 is 0. The van der Waals surface area contributed by atoms with Crippen molar-refractivity contribution in [1.29, 1.82) is 0 Å². The normalized spacial score (nSPS) is 18.3. The number of piperidine rings is 1. The van der Waals surface area contributed by atoms with Crippen molar-refractivity contribution in [3.63, 3.8) is 0 Å². The lowest BCUT2D eigenvalue weighted by molar-refractivity contribution is 0.0703. The number of aromatic nitrogens is 5. The molecule has 2 aromatic rings. The van der Waals surface area contributed by atoms with E-state index in [1.165, 1.54) is 19.5 Å². The molecule has 0 spiro atoms. The topological polar surface area (TPSA) is 96.9 Å². The van der Waals surface area contributed by atoms with Gasteiger partial charge < -0.3 is 9.64 Å². The Morgan fingerprint density at radius 3 is 2.82 bits per heavy atom. The molecule has 2 aromatic heterocycles. The first-order valence-corrected chi connectivity index (χ1v) is 7.21. The first kappa shape index (κ1) is 14.4. The lowest BCUT2D eigenvalue weighted by atomic mass is 9.97. The van der Waals surface area contributed by atoms with Gasteiger partial charge in [0.25, 0.3) is 5.91 Å². The van der Waals surface area contributed by atoms with Gasteiger partial charge in [-0.3, -0.25) is 9.89 Å². The number of aryl methyl sites for hydroxylation is 1. The van der Waals surface area contributed by atoms with E-state index in [0.717, 1.165) is 31.0 Å². The van der Waals surface area contributed by atoms with E-state index in [-0.39, 0.29) is 17.8 Å². The zero-order valence-corrected chi connectivity index (χ0v) is 12.6. The predicted molar refractivity (Wildman–Crippen MR) is 77.6 cm³/mol. The molecule has 22 heavy (non-hydrogen) atoms. The van der Waals surface area contributed by atoms with Crippen molar-refractivity contribution in [2.75, 3.05) is 20.2 Å². The van der Waals surface area contributed by atoms with E-state index in [2.05, 4.69) is 25.1 Å². The number of methoxy groups -OCH3 is 1. The molecule has 1 atom stereocenters. The second-order valence-corrected chi connectivity index (χ2v) is 5.33. The minimum atomic E-state index is -0.0698. The van der Waals surface area contributed by atoms with Gasteiger partial charge in [-0.1, -0.05) is 0 Å². The van der Waals surface area contributed by atoms with E-state index < -0.39 is 0 Å². The maximum absolute atomic E-state index is 12.5. The fourth-order valence-electron chi connectivity index (χ4n) is 2.63. The molecule has 0 aromatic carbocycles. The Hall–Kier alpha value is -2.51. The maximum Gasteiger partial charge on any atom is 0.316 e. The number of rotatable bonds is 3. The summed E-state index contributed by atoms with van der Waals surface area (Å²) < 4.78 is 4.90. The lowest BCUT2D eigenvalue weighted by Gasteiger charge is -2.31. The molecule has 0 unspecified atom stereocenters. The number of likely N-dealkylation sites (tertiary alicyclic amines) is 1. The smallest absolute Gasteiger partial charge is 0.316 e. The van der Waals surface area contributed by atoms with Gasteiger partial charge in [-0.05, 0) is 19.8 Å². The van der Waals surface area contributed by atoms with Crippen molar-refractivity contribution in [2.45, 2.75) is 25.7 Å². The van der Waals surface area contributed by atoms with Gasteiger partial charge >= 0.3 is 6.01 Å². The van der Waals surface area contributed by atoms with Gasteiger partial charge in [0.05, 0.1) is 12.7 Å². The van der Waals surface area contributed by atoms with Crippen LogP contribution < -0.4 is 4.74 Å². The van der Waals surface area contributed by atoms with E-state index in [1.807, 2.05) is 11.8 Å². The van der Waals surface area contributed by atoms with Crippen LogP contribution in [-0.2, 0) is 0 Å². The quantitative estimate of drug-likeness (QED) is 0.906. The average Bonchev–Trinajstić information content (AvgIpc) is 3.01. The summed E-state index contributed by atoms with van der Waals surface area (Å²) in [5.41, 5.74) is 0.465. The fraction of sp³-hybridized carbons (Fsp3) is 0.500. The van der Waals surface area contributed by atoms with Gasteiger partial charge in [-0.15, -0.1) is 0 Å². The predicted octanol–water partition coefficient (Wildman–Crippen LogP) is 0.932. The molecular weight excluding hydrogens is 284 g/mol. The largest absolute Gasteiger partial charge is 0.467 e. The molecule has 3 heterocycles. The molecule has 0 aliphatic carbocycles. The number of aromatic amines is 1. The second kappa shape index (κ2) is 6.08. The molecule has 8 heteroatoms. The van der Waals surface area contributed by atoms with Crippen LogP contribution in [0.1, 0.15) is 40.8 Å². The van der Waals surface area contributed by atoms with Gasteiger partial charge in [0, 0.05) is 31.4 Å². The Bertz CT molecular complexity index is 654. The molecule has 0 saturated carbocycles. The zero-order valence-electron chi connectivity index (χ0n) is 12.6. The average molecular weight is 302 g/mol. The highest BCUT2D eigenvalue weighted by Gasteiger charge is 2.28. The summed E-state index contributed by atoms with van der Waals surface area (Å²) in [6, 6.07) is 0.254. The van der Waals surface area contributed by atoms with Crippen LogP contribution in [0.15, 0.2) is 12.4 Å². The summed E-state index contributed by atoms with van der Waals surface area (Å²) in [6.07, 6.45) is 4.91. The molecule has 1 N–H and O–H groups in total. The number of nitrogens with zero attached hydrogens (tertiary/aromatic N) is 5. The van der Waals surface area contributed by atoms with Gasteiger partial charge in [0.2, 0.25) is 0 Å². The number of carbonyl (C=O) groups excluding carboxylic acids is 1. The van der Waals surface area contributed by atoms with Crippen molar-refractivity contribution >= 4 is 5.91 Å². The van der Waals surface area contributed by atoms with Gasteiger partial charge in [-0.2, -0.15) is 5.10 Å². The van der Waals surface area contributed by atoms with Gasteiger partial charge in [0.15, 0.2) is 5.82 Å². The van der Waals surface area contributed by atoms with Crippen LogP contribution in [0.2, 0.25) is 0 Å². The van der Waals surface area contributed by atoms with Crippen LogP contribution in [-0.4, -0.2) is 56.2 Å².